The Bertz CT molecular complexity index is 951. The zero-order valence-corrected chi connectivity index (χ0v) is 29.6. The molecule has 0 spiro atoms. The fraction of sp³-hybridized carbons (Fsp3) is 0.789. The van der Waals surface area contributed by atoms with Gasteiger partial charge in [0.1, 0.15) is 0 Å². The molecule has 3 aromatic rings. The van der Waals surface area contributed by atoms with Gasteiger partial charge in [-0.25, -0.2) is 9.97 Å². The summed E-state index contributed by atoms with van der Waals surface area (Å²) in [5, 5.41) is 2.79. The number of hydrogen-bond acceptors (Lipinski definition) is 4. The molecular formula is C38H64N2S2. The molecule has 238 valence electrons. The second-order valence-electron chi connectivity index (χ2n) is 13.1. The summed E-state index contributed by atoms with van der Waals surface area (Å²) in [5.41, 5.74) is 2.43. The number of fused-ring (bicyclic) bond motifs is 2. The molecule has 0 bridgehead atoms. The minimum atomic E-state index is 0.636. The Morgan fingerprint density at radius 3 is 1.05 bits per heavy atom. The second-order valence-corrected chi connectivity index (χ2v) is 15.2. The third-order valence-corrected chi connectivity index (χ3v) is 11.6. The minimum Gasteiger partial charge on any atom is -0.241 e. The molecule has 0 N–H and O–H groups in total. The van der Waals surface area contributed by atoms with E-state index in [-0.39, 0.29) is 0 Å². The molecule has 1 aromatic carbocycles. The van der Waals surface area contributed by atoms with Crippen molar-refractivity contribution in [2.75, 3.05) is 0 Å². The fourth-order valence-electron chi connectivity index (χ4n) is 6.49. The molecule has 2 nitrogen and oxygen atoms in total. The lowest BCUT2D eigenvalue weighted by atomic mass is 9.95. The van der Waals surface area contributed by atoms with Gasteiger partial charge >= 0.3 is 0 Å². The number of hydrogen-bond donors (Lipinski definition) is 0. The van der Waals surface area contributed by atoms with Crippen LogP contribution in [0, 0.1) is 0 Å². The van der Waals surface area contributed by atoms with Gasteiger partial charge in [0, 0.05) is 11.8 Å². The molecular weight excluding hydrogens is 549 g/mol. The van der Waals surface area contributed by atoms with Gasteiger partial charge in [-0.1, -0.05) is 156 Å². The number of aromatic nitrogens is 2. The van der Waals surface area contributed by atoms with Crippen LogP contribution < -0.4 is 0 Å². The van der Waals surface area contributed by atoms with E-state index >= 15 is 0 Å². The largest absolute Gasteiger partial charge is 0.241 e. The van der Waals surface area contributed by atoms with Gasteiger partial charge in [-0.15, -0.1) is 22.7 Å². The number of unbranched alkanes of at least 4 members (excludes halogenated alkanes) is 16. The predicted octanol–water partition coefficient (Wildman–Crippen LogP) is 14.5. The summed E-state index contributed by atoms with van der Waals surface area (Å²) in [7, 11) is 0. The Morgan fingerprint density at radius 2 is 0.714 bits per heavy atom. The first kappa shape index (κ1) is 35.5. The lowest BCUT2D eigenvalue weighted by molar-refractivity contribution is 0.490. The highest BCUT2D eigenvalue weighted by Crippen LogP contribution is 2.39. The third-order valence-electron chi connectivity index (χ3n) is 9.25. The first-order valence-electron chi connectivity index (χ1n) is 18.4. The van der Waals surface area contributed by atoms with E-state index in [1.165, 1.54) is 185 Å². The lowest BCUT2D eigenvalue weighted by Crippen LogP contribution is -1.99. The number of benzene rings is 1. The van der Waals surface area contributed by atoms with Gasteiger partial charge in [-0.05, 0) is 37.8 Å². The Morgan fingerprint density at radius 1 is 0.429 bits per heavy atom. The molecule has 0 saturated carbocycles. The van der Waals surface area contributed by atoms with E-state index in [2.05, 4.69) is 39.8 Å². The highest BCUT2D eigenvalue weighted by Gasteiger charge is 2.20. The number of rotatable bonds is 26. The van der Waals surface area contributed by atoms with Crippen LogP contribution in [0.15, 0.2) is 12.1 Å². The summed E-state index contributed by atoms with van der Waals surface area (Å²) in [6.07, 6.45) is 32.6. The molecule has 2 atom stereocenters. The van der Waals surface area contributed by atoms with E-state index in [0.717, 1.165) is 0 Å². The topological polar surface area (TPSA) is 25.8 Å². The van der Waals surface area contributed by atoms with Gasteiger partial charge in [0.25, 0.3) is 0 Å². The monoisotopic (exact) mass is 612 g/mol. The van der Waals surface area contributed by atoms with Gasteiger partial charge in [0.15, 0.2) is 0 Å². The maximum absolute atomic E-state index is 5.30. The average Bonchev–Trinajstić information content (AvgIpc) is 3.60. The van der Waals surface area contributed by atoms with E-state index < -0.39 is 0 Å². The van der Waals surface area contributed by atoms with Crippen molar-refractivity contribution in [1.82, 2.24) is 9.97 Å². The van der Waals surface area contributed by atoms with Crippen molar-refractivity contribution >= 4 is 43.1 Å². The average molecular weight is 613 g/mol. The molecule has 3 rings (SSSR count). The van der Waals surface area contributed by atoms with Crippen LogP contribution >= 0.6 is 22.7 Å². The van der Waals surface area contributed by atoms with Gasteiger partial charge < -0.3 is 0 Å². The van der Waals surface area contributed by atoms with Crippen LogP contribution in [0.5, 0.6) is 0 Å². The van der Waals surface area contributed by atoms with Crippen LogP contribution in [0.25, 0.3) is 20.4 Å². The zero-order valence-electron chi connectivity index (χ0n) is 28.0. The molecule has 0 fully saturated rings. The Balaban J connectivity index is 1.70. The molecule has 42 heavy (non-hydrogen) atoms. The van der Waals surface area contributed by atoms with Gasteiger partial charge in [0.2, 0.25) is 0 Å². The summed E-state index contributed by atoms with van der Waals surface area (Å²) in [5.74, 6) is 1.27. The van der Waals surface area contributed by atoms with Crippen molar-refractivity contribution in [2.24, 2.45) is 0 Å². The summed E-state index contributed by atoms with van der Waals surface area (Å²) in [4.78, 5) is 10.6. The standard InChI is InChI=1S/C38H64N2S2/c1-5-9-13-17-19-23-27-31(25-21-15-11-7-3)37-39-33-29-36-34(30-35(33)41-37)40-38(42-36)32(26-22-16-12-8-4)28-24-20-18-14-10-6-2/h29-32H,5-28H2,1-4H3. The first-order chi connectivity index (χ1) is 20.7. The van der Waals surface area contributed by atoms with Crippen LogP contribution in [0.2, 0.25) is 0 Å². The maximum atomic E-state index is 5.30. The van der Waals surface area contributed by atoms with Gasteiger partial charge in [0.05, 0.1) is 30.4 Å². The van der Waals surface area contributed by atoms with Crippen LogP contribution in [-0.2, 0) is 0 Å². The van der Waals surface area contributed by atoms with Crippen molar-refractivity contribution in [3.8, 4) is 0 Å². The molecule has 0 aliphatic heterocycles. The lowest BCUT2D eigenvalue weighted by Gasteiger charge is -2.14. The highest BCUT2D eigenvalue weighted by molar-refractivity contribution is 7.20. The quantitative estimate of drug-likeness (QED) is 0.0843. The van der Waals surface area contributed by atoms with E-state index in [0.29, 0.717) is 11.8 Å². The summed E-state index contributed by atoms with van der Waals surface area (Å²) >= 11 is 3.94. The molecule has 0 radical (unpaired) electrons. The van der Waals surface area contributed by atoms with Crippen LogP contribution in [-0.4, -0.2) is 9.97 Å². The second kappa shape index (κ2) is 21.7. The van der Waals surface area contributed by atoms with Gasteiger partial charge in [-0.3, -0.25) is 0 Å². The van der Waals surface area contributed by atoms with E-state index in [1.54, 1.807) is 0 Å². The molecule has 0 saturated heterocycles. The summed E-state index contributed by atoms with van der Waals surface area (Å²) in [6, 6.07) is 4.76. The third kappa shape index (κ3) is 12.5. The van der Waals surface area contributed by atoms with Crippen molar-refractivity contribution in [1.29, 1.82) is 0 Å². The summed E-state index contributed by atoms with van der Waals surface area (Å²) in [6.45, 7) is 9.25. The molecule has 2 unspecified atom stereocenters. The van der Waals surface area contributed by atoms with Crippen molar-refractivity contribution in [2.45, 2.75) is 194 Å². The molecule has 4 heteroatoms. The smallest absolute Gasteiger partial charge is 0.0969 e. The van der Waals surface area contributed by atoms with Crippen molar-refractivity contribution in [3.05, 3.63) is 22.1 Å². The molecule has 0 aliphatic rings. The molecule has 2 aromatic heterocycles. The minimum absolute atomic E-state index is 0.636. The Labute approximate surface area is 267 Å². The highest BCUT2D eigenvalue weighted by atomic mass is 32.1. The SMILES string of the molecule is CCCCCCCCC(CCCCCC)c1nc2cc3sc(C(CCCCCC)CCCCCCCC)nc3cc2s1. The Kier molecular flexibility index (Phi) is 18.3. The molecule has 2 heterocycles. The predicted molar refractivity (Wildman–Crippen MR) is 192 cm³/mol. The van der Waals surface area contributed by atoms with E-state index in [4.69, 9.17) is 9.97 Å². The molecule has 0 amide bonds. The number of nitrogens with zero attached hydrogens (tertiary/aromatic N) is 2. The van der Waals surface area contributed by atoms with Crippen LogP contribution in [0.3, 0.4) is 0 Å². The van der Waals surface area contributed by atoms with Gasteiger partial charge in [-0.2, -0.15) is 0 Å². The fourth-order valence-corrected chi connectivity index (χ4v) is 8.80. The summed E-state index contributed by atoms with van der Waals surface area (Å²) < 4.78 is 2.71. The first-order valence-corrected chi connectivity index (χ1v) is 20.0. The van der Waals surface area contributed by atoms with Crippen LogP contribution in [0.4, 0.5) is 0 Å². The van der Waals surface area contributed by atoms with Crippen molar-refractivity contribution in [3.63, 3.8) is 0 Å². The van der Waals surface area contributed by atoms with E-state index in [1.807, 2.05) is 22.7 Å². The van der Waals surface area contributed by atoms with Crippen molar-refractivity contribution < 1.29 is 0 Å². The van der Waals surface area contributed by atoms with Crippen LogP contribution in [0.1, 0.15) is 204 Å². The zero-order chi connectivity index (χ0) is 29.8. The Hall–Kier alpha value is -1.00. The number of thiazole rings is 2. The maximum Gasteiger partial charge on any atom is 0.0969 e. The normalized spacial score (nSPS) is 13.4. The van der Waals surface area contributed by atoms with E-state index in [9.17, 15) is 0 Å². The molecule has 0 aliphatic carbocycles.